The highest BCUT2D eigenvalue weighted by molar-refractivity contribution is 7.98. The molecule has 0 unspecified atom stereocenters. The Balaban J connectivity index is 1.58. The van der Waals surface area contributed by atoms with Gasteiger partial charge in [-0.3, -0.25) is 4.90 Å². The Labute approximate surface area is 151 Å². The number of thioether (sulfide) groups is 1. The van der Waals surface area contributed by atoms with Crippen LogP contribution in [0.1, 0.15) is 16.2 Å². The van der Waals surface area contributed by atoms with E-state index in [2.05, 4.69) is 24.8 Å². The van der Waals surface area contributed by atoms with Gasteiger partial charge < -0.3 is 9.64 Å². The molecule has 1 fully saturated rings. The maximum Gasteiger partial charge on any atom is 0.356 e. The summed E-state index contributed by atoms with van der Waals surface area (Å²) in [6.07, 6.45) is 3.79. The molecule has 0 amide bonds. The Morgan fingerprint density at radius 2 is 2.00 bits per heavy atom. The lowest BCUT2D eigenvalue weighted by Crippen LogP contribution is -2.46. The van der Waals surface area contributed by atoms with Crippen LogP contribution < -0.4 is 4.90 Å². The van der Waals surface area contributed by atoms with Crippen molar-refractivity contribution in [3.8, 4) is 0 Å². The van der Waals surface area contributed by atoms with Crippen molar-refractivity contribution in [2.75, 3.05) is 44.4 Å². The smallest absolute Gasteiger partial charge is 0.356 e. The molecule has 0 atom stereocenters. The molecule has 3 heterocycles. The molecule has 8 heteroatoms. The van der Waals surface area contributed by atoms with Gasteiger partial charge in [-0.05, 0) is 24.5 Å². The highest BCUT2D eigenvalue weighted by atomic mass is 32.2. The lowest BCUT2D eigenvalue weighted by atomic mass is 10.2. The van der Waals surface area contributed by atoms with Crippen molar-refractivity contribution in [3.05, 3.63) is 41.9 Å². The van der Waals surface area contributed by atoms with Crippen LogP contribution in [0.4, 0.5) is 5.82 Å². The van der Waals surface area contributed by atoms with Crippen LogP contribution in [-0.2, 0) is 11.3 Å². The number of pyridine rings is 1. The molecule has 0 bridgehead atoms. The summed E-state index contributed by atoms with van der Waals surface area (Å²) >= 11 is 1.55. The SMILES string of the molecule is COC(=O)c1cccc(CN2CCN(c3ccnc(SC)n3)CC2)n1. The molecule has 2 aromatic rings. The molecule has 0 aliphatic carbocycles. The fraction of sp³-hybridized carbons (Fsp3) is 0.412. The van der Waals surface area contributed by atoms with Gasteiger partial charge in [-0.2, -0.15) is 0 Å². The third-order valence-corrected chi connectivity index (χ3v) is 4.65. The molecule has 25 heavy (non-hydrogen) atoms. The van der Waals surface area contributed by atoms with Crippen molar-refractivity contribution in [2.24, 2.45) is 0 Å². The number of rotatable bonds is 5. The van der Waals surface area contributed by atoms with Crippen LogP contribution in [0.25, 0.3) is 0 Å². The van der Waals surface area contributed by atoms with E-state index in [1.54, 1.807) is 17.8 Å². The maximum atomic E-state index is 11.6. The highest BCUT2D eigenvalue weighted by Gasteiger charge is 2.19. The van der Waals surface area contributed by atoms with E-state index in [0.29, 0.717) is 5.69 Å². The number of carbonyl (C=O) groups is 1. The summed E-state index contributed by atoms with van der Waals surface area (Å²) in [5, 5.41) is 0.795. The zero-order valence-electron chi connectivity index (χ0n) is 14.4. The van der Waals surface area contributed by atoms with Gasteiger partial charge in [0.1, 0.15) is 11.5 Å². The second-order valence-corrected chi connectivity index (χ2v) is 6.44. The van der Waals surface area contributed by atoms with Gasteiger partial charge in [0.25, 0.3) is 0 Å². The van der Waals surface area contributed by atoms with Gasteiger partial charge in [-0.15, -0.1) is 0 Å². The molecular formula is C17H21N5O2S. The quantitative estimate of drug-likeness (QED) is 0.454. The molecule has 0 N–H and O–H groups in total. The average molecular weight is 359 g/mol. The lowest BCUT2D eigenvalue weighted by Gasteiger charge is -2.35. The van der Waals surface area contributed by atoms with Crippen molar-refractivity contribution >= 4 is 23.5 Å². The Morgan fingerprint density at radius 3 is 2.72 bits per heavy atom. The molecule has 0 radical (unpaired) electrons. The van der Waals surface area contributed by atoms with E-state index in [9.17, 15) is 4.79 Å². The third kappa shape index (κ3) is 4.46. The van der Waals surface area contributed by atoms with Gasteiger partial charge >= 0.3 is 5.97 Å². The van der Waals surface area contributed by atoms with E-state index >= 15 is 0 Å². The molecular weight excluding hydrogens is 338 g/mol. The largest absolute Gasteiger partial charge is 0.464 e. The van der Waals surface area contributed by atoms with Crippen molar-refractivity contribution in [3.63, 3.8) is 0 Å². The molecule has 2 aromatic heterocycles. The number of hydrogen-bond acceptors (Lipinski definition) is 8. The van der Waals surface area contributed by atoms with Crippen molar-refractivity contribution < 1.29 is 9.53 Å². The number of ether oxygens (including phenoxy) is 1. The van der Waals surface area contributed by atoms with Crippen LogP contribution in [0, 0.1) is 0 Å². The van der Waals surface area contributed by atoms with Crippen LogP contribution in [0.3, 0.4) is 0 Å². The first-order chi connectivity index (χ1) is 12.2. The van der Waals surface area contributed by atoms with Crippen molar-refractivity contribution in [1.29, 1.82) is 0 Å². The van der Waals surface area contributed by atoms with E-state index in [0.717, 1.165) is 49.4 Å². The molecule has 1 aliphatic rings. The molecule has 0 saturated carbocycles. The van der Waals surface area contributed by atoms with Crippen molar-refractivity contribution in [2.45, 2.75) is 11.7 Å². The standard InChI is InChI=1S/C17H21N5O2S/c1-24-16(23)14-5-3-4-13(19-14)12-21-8-10-22(11-9-21)15-6-7-18-17(20-15)25-2/h3-7H,8-12H2,1-2H3. The predicted molar refractivity (Wildman–Crippen MR) is 96.9 cm³/mol. The minimum Gasteiger partial charge on any atom is -0.464 e. The van der Waals surface area contributed by atoms with Gasteiger partial charge in [0, 0.05) is 38.9 Å². The summed E-state index contributed by atoms with van der Waals surface area (Å²) < 4.78 is 4.73. The Hall–Kier alpha value is -2.19. The second-order valence-electron chi connectivity index (χ2n) is 5.67. The van der Waals surface area contributed by atoms with Crippen LogP contribution in [0.5, 0.6) is 0 Å². The fourth-order valence-electron chi connectivity index (χ4n) is 2.76. The average Bonchev–Trinajstić information content (AvgIpc) is 2.68. The fourth-order valence-corrected chi connectivity index (χ4v) is 3.11. The van der Waals surface area contributed by atoms with E-state index in [1.165, 1.54) is 7.11 Å². The Morgan fingerprint density at radius 1 is 1.20 bits per heavy atom. The molecule has 3 rings (SSSR count). The first kappa shape index (κ1) is 17.6. The number of methoxy groups -OCH3 is 1. The lowest BCUT2D eigenvalue weighted by molar-refractivity contribution is 0.0593. The minimum atomic E-state index is -0.403. The topological polar surface area (TPSA) is 71.5 Å². The first-order valence-corrected chi connectivity index (χ1v) is 9.30. The number of carbonyl (C=O) groups excluding carboxylic acids is 1. The number of aromatic nitrogens is 3. The van der Waals surface area contributed by atoms with E-state index in [1.807, 2.05) is 30.7 Å². The summed E-state index contributed by atoms with van der Waals surface area (Å²) in [6.45, 7) is 4.37. The molecule has 1 aliphatic heterocycles. The second kappa shape index (κ2) is 8.26. The predicted octanol–water partition coefficient (Wildman–Crippen LogP) is 1.70. The zero-order chi connectivity index (χ0) is 17.6. The molecule has 1 saturated heterocycles. The van der Waals surface area contributed by atoms with E-state index in [-0.39, 0.29) is 0 Å². The number of anilines is 1. The van der Waals surface area contributed by atoms with Crippen LogP contribution >= 0.6 is 11.8 Å². The number of hydrogen-bond donors (Lipinski definition) is 0. The van der Waals surface area contributed by atoms with Crippen LogP contribution in [-0.4, -0.2) is 65.4 Å². The molecule has 0 spiro atoms. The monoisotopic (exact) mass is 359 g/mol. The Bertz CT molecular complexity index is 734. The minimum absolute atomic E-state index is 0.351. The van der Waals surface area contributed by atoms with Gasteiger partial charge in [-0.25, -0.2) is 19.7 Å². The van der Waals surface area contributed by atoms with Crippen LogP contribution in [0.2, 0.25) is 0 Å². The third-order valence-electron chi connectivity index (χ3n) is 4.08. The highest BCUT2D eigenvalue weighted by Crippen LogP contribution is 2.17. The number of piperazine rings is 1. The summed E-state index contributed by atoms with van der Waals surface area (Å²) in [7, 11) is 1.37. The molecule has 0 aromatic carbocycles. The molecule has 7 nitrogen and oxygen atoms in total. The van der Waals surface area contributed by atoms with Gasteiger partial charge in [-0.1, -0.05) is 17.8 Å². The summed E-state index contributed by atoms with van der Waals surface area (Å²) in [6, 6.07) is 7.41. The summed E-state index contributed by atoms with van der Waals surface area (Å²) in [5.41, 5.74) is 1.23. The zero-order valence-corrected chi connectivity index (χ0v) is 15.2. The number of nitrogens with zero attached hydrogens (tertiary/aromatic N) is 5. The van der Waals surface area contributed by atoms with Gasteiger partial charge in [0.05, 0.1) is 12.8 Å². The van der Waals surface area contributed by atoms with Gasteiger partial charge in [0.2, 0.25) is 0 Å². The number of esters is 1. The first-order valence-electron chi connectivity index (χ1n) is 8.08. The summed E-state index contributed by atoms with van der Waals surface area (Å²) in [5.74, 6) is 0.574. The van der Waals surface area contributed by atoms with Crippen LogP contribution in [0.15, 0.2) is 35.6 Å². The summed E-state index contributed by atoms with van der Waals surface area (Å²) in [4.78, 5) is 29.4. The Kier molecular flexibility index (Phi) is 5.83. The van der Waals surface area contributed by atoms with E-state index in [4.69, 9.17) is 4.74 Å². The normalized spacial score (nSPS) is 15.2. The maximum absolute atomic E-state index is 11.6. The molecule has 132 valence electrons. The van der Waals surface area contributed by atoms with Gasteiger partial charge in [0.15, 0.2) is 5.16 Å². The van der Waals surface area contributed by atoms with Crippen molar-refractivity contribution in [1.82, 2.24) is 19.9 Å². The van der Waals surface area contributed by atoms with E-state index < -0.39 is 5.97 Å².